The Balaban J connectivity index is 0.00000111. The van der Waals surface area contributed by atoms with Crippen LogP contribution in [0.25, 0.3) is 0 Å². The molecular weight excluding hydrogens is 387 g/mol. The summed E-state index contributed by atoms with van der Waals surface area (Å²) in [5.41, 5.74) is 7.61. The van der Waals surface area contributed by atoms with Gasteiger partial charge >= 0.3 is 12.1 Å². The van der Waals surface area contributed by atoms with Gasteiger partial charge in [-0.2, -0.15) is 0 Å². The van der Waals surface area contributed by atoms with Crippen molar-refractivity contribution < 1.29 is 20.1 Å². The van der Waals surface area contributed by atoms with Crippen molar-refractivity contribution in [2.45, 2.75) is 33.9 Å². The van der Waals surface area contributed by atoms with Crippen LogP contribution in [0.1, 0.15) is 32.0 Å². The van der Waals surface area contributed by atoms with Crippen molar-refractivity contribution in [1.29, 1.82) is 0 Å². The van der Waals surface area contributed by atoms with Gasteiger partial charge in [0.15, 0.2) is 5.82 Å². The van der Waals surface area contributed by atoms with Gasteiger partial charge in [-0.1, -0.05) is 26.0 Å². The molecule has 7 nitrogen and oxygen atoms in total. The fourth-order valence-corrected chi connectivity index (χ4v) is 2.97. The first-order valence-electron chi connectivity index (χ1n) is 9.59. The van der Waals surface area contributed by atoms with Crippen LogP contribution in [-0.4, -0.2) is 21.0 Å². The Kier molecular flexibility index (Phi) is 6.46. The summed E-state index contributed by atoms with van der Waals surface area (Å²) in [6, 6.07) is 10.1. The lowest BCUT2D eigenvalue weighted by molar-refractivity contribution is 0.134. The molecule has 0 bridgehead atoms. The predicted octanol–water partition coefficient (Wildman–Crippen LogP) is 5.09. The summed E-state index contributed by atoms with van der Waals surface area (Å²) in [6.45, 7) is 6.21. The van der Waals surface area contributed by atoms with Gasteiger partial charge in [0, 0.05) is 31.0 Å². The van der Waals surface area contributed by atoms with E-state index in [9.17, 15) is 9.18 Å². The number of nitrogens with zero attached hydrogens (tertiary/aromatic N) is 3. The highest BCUT2D eigenvalue weighted by Crippen LogP contribution is 2.35. The SMILES string of the molecule is CC.Cc1cc2c(cc1Oc1ncccn1)OC(=O)N(Cc1cccc(N)c1F)C2.[HH]. The molecular formula is C22H25FN4O3. The Bertz CT molecular complexity index is 1050. The number of benzene rings is 2. The number of carbonyl (C=O) groups is 1. The summed E-state index contributed by atoms with van der Waals surface area (Å²) in [4.78, 5) is 21.9. The van der Waals surface area contributed by atoms with Crippen molar-refractivity contribution in [3.8, 4) is 17.5 Å². The molecule has 0 saturated heterocycles. The van der Waals surface area contributed by atoms with Gasteiger partial charge in [0.25, 0.3) is 0 Å². The molecule has 0 atom stereocenters. The molecule has 4 rings (SSSR count). The van der Waals surface area contributed by atoms with Crippen molar-refractivity contribution in [2.24, 2.45) is 0 Å². The second-order valence-corrected chi connectivity index (χ2v) is 6.40. The van der Waals surface area contributed by atoms with Gasteiger partial charge in [0.05, 0.1) is 18.8 Å². The Morgan fingerprint density at radius 1 is 1.23 bits per heavy atom. The molecule has 1 aliphatic rings. The first kappa shape index (κ1) is 21.0. The molecule has 0 aliphatic carbocycles. The van der Waals surface area contributed by atoms with Crippen LogP contribution in [-0.2, 0) is 13.1 Å². The number of nitrogen functional groups attached to an aromatic ring is 1. The number of hydrogen-bond donors (Lipinski definition) is 1. The number of nitrogens with two attached hydrogens (primary N) is 1. The van der Waals surface area contributed by atoms with E-state index in [0.29, 0.717) is 17.1 Å². The molecule has 0 radical (unpaired) electrons. The van der Waals surface area contributed by atoms with Gasteiger partial charge in [0.2, 0.25) is 0 Å². The van der Waals surface area contributed by atoms with Crippen molar-refractivity contribution in [3.63, 3.8) is 0 Å². The van der Waals surface area contributed by atoms with Crippen molar-refractivity contribution in [2.75, 3.05) is 5.73 Å². The van der Waals surface area contributed by atoms with Gasteiger partial charge in [-0.3, -0.25) is 4.90 Å². The molecule has 2 heterocycles. The summed E-state index contributed by atoms with van der Waals surface area (Å²) in [6.07, 6.45) is 2.58. The topological polar surface area (TPSA) is 90.6 Å². The number of hydrogen-bond acceptors (Lipinski definition) is 6. The maximum atomic E-state index is 14.2. The maximum Gasteiger partial charge on any atom is 0.415 e. The quantitative estimate of drug-likeness (QED) is 0.601. The third-order valence-corrected chi connectivity index (χ3v) is 4.39. The summed E-state index contributed by atoms with van der Waals surface area (Å²) in [5.74, 6) is 0.364. The number of aryl methyl sites for hydroxylation is 1. The van der Waals surface area contributed by atoms with E-state index in [1.165, 1.54) is 11.0 Å². The molecule has 8 heteroatoms. The number of halogens is 1. The summed E-state index contributed by atoms with van der Waals surface area (Å²) in [7, 11) is 0. The molecule has 0 saturated carbocycles. The van der Waals surface area contributed by atoms with Gasteiger partial charge in [-0.05, 0) is 30.7 Å². The summed E-state index contributed by atoms with van der Waals surface area (Å²) >= 11 is 0. The Labute approximate surface area is 175 Å². The second kappa shape index (κ2) is 9.21. The molecule has 30 heavy (non-hydrogen) atoms. The number of rotatable bonds is 4. The Morgan fingerprint density at radius 3 is 2.70 bits per heavy atom. The van der Waals surface area contributed by atoms with Crippen LogP contribution in [0, 0.1) is 12.7 Å². The zero-order valence-electron chi connectivity index (χ0n) is 17.1. The van der Waals surface area contributed by atoms with Crippen LogP contribution in [0.15, 0.2) is 48.8 Å². The number of fused-ring (bicyclic) bond motifs is 1. The summed E-state index contributed by atoms with van der Waals surface area (Å²) in [5, 5.41) is 0. The number of amides is 1. The van der Waals surface area contributed by atoms with E-state index in [4.69, 9.17) is 15.2 Å². The van der Waals surface area contributed by atoms with Gasteiger partial charge in [0.1, 0.15) is 11.5 Å². The standard InChI is InChI=1S/C20H17FN4O3.C2H6.H2/c1-12-8-14-11-25(10-13-4-2-5-15(22)18(13)21)20(26)28-17(14)9-16(12)27-19-23-6-3-7-24-19;1-2;/h2-9H,10-11,22H2,1H3;1-2H3;1H. The molecule has 2 aromatic carbocycles. The zero-order valence-corrected chi connectivity index (χ0v) is 17.1. The van der Waals surface area contributed by atoms with Crippen molar-refractivity contribution >= 4 is 11.8 Å². The fourth-order valence-electron chi connectivity index (χ4n) is 2.97. The summed E-state index contributed by atoms with van der Waals surface area (Å²) < 4.78 is 25.3. The molecule has 3 aromatic rings. The monoisotopic (exact) mass is 412 g/mol. The van der Waals surface area contributed by atoms with E-state index < -0.39 is 11.9 Å². The molecule has 1 aliphatic heterocycles. The lowest BCUT2D eigenvalue weighted by Crippen LogP contribution is -2.36. The minimum Gasteiger partial charge on any atom is -0.424 e. The first-order chi connectivity index (χ1) is 14.5. The Hall–Kier alpha value is -3.68. The van der Waals surface area contributed by atoms with Crippen LogP contribution in [0.5, 0.6) is 17.5 Å². The molecule has 1 amide bonds. The number of anilines is 1. The van der Waals surface area contributed by atoms with E-state index in [1.807, 2.05) is 26.8 Å². The minimum atomic E-state index is -0.569. The first-order valence-corrected chi connectivity index (χ1v) is 9.59. The second-order valence-electron chi connectivity index (χ2n) is 6.40. The molecule has 0 fully saturated rings. The Morgan fingerprint density at radius 2 is 1.97 bits per heavy atom. The van der Waals surface area contributed by atoms with Crippen LogP contribution in [0.4, 0.5) is 14.9 Å². The third kappa shape index (κ3) is 4.48. The lowest BCUT2D eigenvalue weighted by atomic mass is 10.1. The zero-order chi connectivity index (χ0) is 21.7. The molecule has 0 spiro atoms. The number of ether oxygens (including phenoxy) is 2. The average molecular weight is 412 g/mol. The van der Waals surface area contributed by atoms with E-state index >= 15 is 0 Å². The van der Waals surface area contributed by atoms with Gasteiger partial charge in [-0.15, -0.1) is 0 Å². The predicted molar refractivity (Wildman–Crippen MR) is 113 cm³/mol. The van der Waals surface area contributed by atoms with Crippen LogP contribution >= 0.6 is 0 Å². The highest BCUT2D eigenvalue weighted by Gasteiger charge is 2.27. The maximum absolute atomic E-state index is 14.2. The van der Waals surface area contributed by atoms with E-state index in [0.717, 1.165) is 11.1 Å². The third-order valence-electron chi connectivity index (χ3n) is 4.39. The van der Waals surface area contributed by atoms with Crippen LogP contribution in [0.3, 0.4) is 0 Å². The molecule has 1 aromatic heterocycles. The molecule has 158 valence electrons. The van der Waals surface area contributed by atoms with Crippen LogP contribution in [0.2, 0.25) is 0 Å². The number of carbonyl (C=O) groups excluding carboxylic acids is 1. The number of aromatic nitrogens is 2. The lowest BCUT2D eigenvalue weighted by Gasteiger charge is -2.29. The minimum absolute atomic E-state index is 0. The molecule has 0 unspecified atom stereocenters. The van der Waals surface area contributed by atoms with E-state index in [-0.39, 0.29) is 26.2 Å². The molecule has 2 N–H and O–H groups in total. The van der Waals surface area contributed by atoms with Crippen LogP contribution < -0.4 is 15.2 Å². The van der Waals surface area contributed by atoms with E-state index in [2.05, 4.69) is 9.97 Å². The largest absolute Gasteiger partial charge is 0.424 e. The van der Waals surface area contributed by atoms with Crippen molar-refractivity contribution in [3.05, 3.63) is 71.3 Å². The average Bonchev–Trinajstić information content (AvgIpc) is 2.75. The van der Waals surface area contributed by atoms with Crippen molar-refractivity contribution in [1.82, 2.24) is 14.9 Å². The fraction of sp³-hybridized carbons (Fsp3) is 0.227. The van der Waals surface area contributed by atoms with Gasteiger partial charge in [-0.25, -0.2) is 19.2 Å². The highest BCUT2D eigenvalue weighted by atomic mass is 19.1. The smallest absolute Gasteiger partial charge is 0.415 e. The normalized spacial score (nSPS) is 12.4. The highest BCUT2D eigenvalue weighted by molar-refractivity contribution is 5.74. The van der Waals surface area contributed by atoms with E-state index in [1.54, 1.807) is 36.7 Å². The van der Waals surface area contributed by atoms with Gasteiger partial charge < -0.3 is 15.2 Å².